The first-order valence-corrected chi connectivity index (χ1v) is 14.2. The third kappa shape index (κ3) is 7.12. The van der Waals surface area contributed by atoms with Crippen LogP contribution in [0.4, 0.5) is 0 Å². The Hall–Kier alpha value is -3.61. The number of carboxylic acid groups (broad SMARTS) is 1. The molecule has 7 nitrogen and oxygen atoms in total. The first-order valence-electron chi connectivity index (χ1n) is 14.2. The van der Waals surface area contributed by atoms with Crippen molar-refractivity contribution >= 4 is 22.6 Å². The fourth-order valence-electron chi connectivity index (χ4n) is 5.44. The zero-order valence-electron chi connectivity index (χ0n) is 24.6. The van der Waals surface area contributed by atoms with Crippen molar-refractivity contribution < 1.29 is 24.2 Å². The molecule has 2 aromatic carbocycles. The second kappa shape index (κ2) is 11.9. The van der Waals surface area contributed by atoms with Crippen molar-refractivity contribution in [3.63, 3.8) is 0 Å². The molecule has 40 heavy (non-hydrogen) atoms. The van der Waals surface area contributed by atoms with E-state index in [1.165, 1.54) is 18.4 Å². The van der Waals surface area contributed by atoms with E-state index in [4.69, 9.17) is 14.5 Å². The van der Waals surface area contributed by atoms with Crippen LogP contribution in [0.1, 0.15) is 88.5 Å². The molecule has 4 rings (SSSR count). The molecule has 0 bridgehead atoms. The molecule has 0 saturated heterocycles. The number of carbonyl (C=O) groups excluding carboxylic acids is 1. The largest absolute Gasteiger partial charge is 0.496 e. The number of amides is 1. The van der Waals surface area contributed by atoms with Crippen LogP contribution in [0.25, 0.3) is 10.8 Å². The van der Waals surface area contributed by atoms with E-state index in [1.807, 2.05) is 38.1 Å². The summed E-state index contributed by atoms with van der Waals surface area (Å²) in [5.41, 5.74) is 1.79. The highest BCUT2D eigenvalue weighted by molar-refractivity contribution is 6.01. The summed E-state index contributed by atoms with van der Waals surface area (Å²) in [6, 6.07) is 13.7. The number of rotatable bonds is 10. The molecular weight excluding hydrogens is 504 g/mol. The predicted molar refractivity (Wildman–Crippen MR) is 158 cm³/mol. The summed E-state index contributed by atoms with van der Waals surface area (Å²) in [4.78, 5) is 29.4. The quantitative estimate of drug-likeness (QED) is 0.277. The van der Waals surface area contributed by atoms with Gasteiger partial charge in [-0.05, 0) is 59.1 Å². The summed E-state index contributed by atoms with van der Waals surface area (Å²) in [6.45, 7) is 10.4. The first kappa shape index (κ1) is 29.4. The molecule has 0 aliphatic heterocycles. The fraction of sp³-hybridized carbons (Fsp3) is 0.485. The van der Waals surface area contributed by atoms with Gasteiger partial charge in [-0.3, -0.25) is 9.59 Å². The van der Waals surface area contributed by atoms with Crippen molar-refractivity contribution in [1.29, 1.82) is 0 Å². The topological polar surface area (TPSA) is 97.8 Å². The van der Waals surface area contributed by atoms with Crippen LogP contribution in [0, 0.1) is 11.3 Å². The van der Waals surface area contributed by atoms with Gasteiger partial charge in [-0.15, -0.1) is 0 Å². The maximum absolute atomic E-state index is 13.3. The minimum absolute atomic E-state index is 0.0450. The van der Waals surface area contributed by atoms with Crippen molar-refractivity contribution in [3.8, 4) is 17.2 Å². The van der Waals surface area contributed by atoms with Gasteiger partial charge in [0.1, 0.15) is 22.9 Å². The van der Waals surface area contributed by atoms with Crippen molar-refractivity contribution in [2.75, 3.05) is 13.7 Å². The number of ether oxygens (including phenoxy) is 2. The van der Waals surface area contributed by atoms with Crippen LogP contribution in [-0.4, -0.2) is 35.6 Å². The number of hydrogen-bond donors (Lipinski definition) is 2. The Bertz CT molecular complexity index is 1370. The number of carboxylic acids is 1. The molecule has 1 heterocycles. The summed E-state index contributed by atoms with van der Waals surface area (Å²) in [6.07, 6.45) is 5.38. The Morgan fingerprint density at radius 1 is 1.00 bits per heavy atom. The summed E-state index contributed by atoms with van der Waals surface area (Å²) >= 11 is 0. The monoisotopic (exact) mass is 546 g/mol. The number of methoxy groups -OCH3 is 1. The molecule has 1 amide bonds. The van der Waals surface area contributed by atoms with Gasteiger partial charge in [0.25, 0.3) is 5.91 Å². The van der Waals surface area contributed by atoms with E-state index in [1.54, 1.807) is 13.2 Å². The summed E-state index contributed by atoms with van der Waals surface area (Å²) < 4.78 is 12.2. The van der Waals surface area contributed by atoms with Crippen molar-refractivity contribution in [2.24, 2.45) is 11.3 Å². The van der Waals surface area contributed by atoms with Crippen LogP contribution >= 0.6 is 0 Å². The van der Waals surface area contributed by atoms with E-state index >= 15 is 0 Å². The third-order valence-corrected chi connectivity index (χ3v) is 7.71. The van der Waals surface area contributed by atoms with E-state index in [0.717, 1.165) is 41.5 Å². The van der Waals surface area contributed by atoms with E-state index in [2.05, 4.69) is 38.2 Å². The zero-order valence-corrected chi connectivity index (χ0v) is 24.6. The van der Waals surface area contributed by atoms with Crippen molar-refractivity contribution in [2.45, 2.75) is 78.6 Å². The highest BCUT2D eigenvalue weighted by Gasteiger charge is 2.26. The van der Waals surface area contributed by atoms with Crippen LogP contribution in [0.2, 0.25) is 0 Å². The Kier molecular flexibility index (Phi) is 8.71. The molecule has 0 atom stereocenters. The van der Waals surface area contributed by atoms with Crippen LogP contribution in [0.15, 0.2) is 42.5 Å². The van der Waals surface area contributed by atoms with Crippen molar-refractivity contribution in [3.05, 3.63) is 59.4 Å². The fourth-order valence-corrected chi connectivity index (χ4v) is 5.44. The number of aromatic nitrogens is 1. The SMILES string of the molecule is COc1ccc(Oc2ccc(C(C)(C)C)cc2)c2c(CC3CCCC3)nc(C(=O)NCC(C)(C)CC(=O)O)cc12. The number of hydrogen-bond acceptors (Lipinski definition) is 5. The van der Waals surface area contributed by atoms with E-state index in [-0.39, 0.29) is 30.0 Å². The normalized spacial score (nSPS) is 14.3. The number of pyridine rings is 1. The third-order valence-electron chi connectivity index (χ3n) is 7.71. The predicted octanol–water partition coefficient (Wildman–Crippen LogP) is 7.30. The second-order valence-electron chi connectivity index (χ2n) is 12.8. The van der Waals surface area contributed by atoms with Gasteiger partial charge in [-0.2, -0.15) is 0 Å². The Labute approximate surface area is 237 Å². The van der Waals surface area contributed by atoms with E-state index in [0.29, 0.717) is 17.4 Å². The van der Waals surface area contributed by atoms with Gasteiger partial charge >= 0.3 is 5.97 Å². The first-order chi connectivity index (χ1) is 18.9. The van der Waals surface area contributed by atoms with Gasteiger partial charge in [-0.1, -0.05) is 72.4 Å². The summed E-state index contributed by atoms with van der Waals surface area (Å²) in [5, 5.41) is 13.7. The molecule has 1 saturated carbocycles. The average Bonchev–Trinajstić information content (AvgIpc) is 3.39. The van der Waals surface area contributed by atoms with Crippen molar-refractivity contribution in [1.82, 2.24) is 10.3 Å². The minimum atomic E-state index is -0.896. The molecule has 3 aromatic rings. The molecule has 1 aliphatic rings. The maximum Gasteiger partial charge on any atom is 0.303 e. The molecule has 0 unspecified atom stereocenters. The van der Waals surface area contributed by atoms with Crippen LogP contribution in [-0.2, 0) is 16.6 Å². The Morgan fingerprint density at radius 3 is 2.25 bits per heavy atom. The zero-order chi connectivity index (χ0) is 29.1. The lowest BCUT2D eigenvalue weighted by Crippen LogP contribution is -2.35. The number of nitrogens with zero attached hydrogens (tertiary/aromatic N) is 1. The Balaban J connectivity index is 1.74. The van der Waals surface area contributed by atoms with Gasteiger partial charge in [0.2, 0.25) is 0 Å². The highest BCUT2D eigenvalue weighted by atomic mass is 16.5. The molecule has 0 radical (unpaired) electrons. The lowest BCUT2D eigenvalue weighted by Gasteiger charge is -2.23. The number of aliphatic carboxylic acids is 1. The van der Waals surface area contributed by atoms with Gasteiger partial charge in [0, 0.05) is 17.3 Å². The second-order valence-corrected chi connectivity index (χ2v) is 12.8. The number of fused-ring (bicyclic) bond motifs is 1. The van der Waals surface area contributed by atoms with Crippen LogP contribution in [0.3, 0.4) is 0 Å². The standard InChI is InChI=1S/C33H42N2O5/c1-32(2,3)22-11-13-23(14-12-22)40-28-16-15-27(39-6)24-18-26(31(38)34-20-33(4,5)19-29(36)37)35-25(30(24)28)17-21-9-7-8-10-21/h11-16,18,21H,7-10,17,19-20H2,1-6H3,(H,34,38)(H,36,37). The summed E-state index contributed by atoms with van der Waals surface area (Å²) in [5.74, 6) is 1.31. The molecule has 1 fully saturated rings. The average molecular weight is 547 g/mol. The lowest BCUT2D eigenvalue weighted by atomic mass is 9.87. The maximum atomic E-state index is 13.3. The molecular formula is C33H42N2O5. The lowest BCUT2D eigenvalue weighted by molar-refractivity contribution is -0.139. The molecule has 214 valence electrons. The van der Waals surface area contributed by atoms with Crippen LogP contribution < -0.4 is 14.8 Å². The molecule has 2 N–H and O–H groups in total. The van der Waals surface area contributed by atoms with Gasteiger partial charge < -0.3 is 19.9 Å². The van der Waals surface area contributed by atoms with Gasteiger partial charge in [-0.25, -0.2) is 4.98 Å². The van der Waals surface area contributed by atoms with Gasteiger partial charge in [0.05, 0.1) is 19.2 Å². The van der Waals surface area contributed by atoms with Gasteiger partial charge in [0.15, 0.2) is 0 Å². The molecule has 1 aromatic heterocycles. The summed E-state index contributed by atoms with van der Waals surface area (Å²) in [7, 11) is 1.62. The minimum Gasteiger partial charge on any atom is -0.496 e. The number of nitrogens with one attached hydrogen (secondary N) is 1. The smallest absolute Gasteiger partial charge is 0.303 e. The highest BCUT2D eigenvalue weighted by Crippen LogP contribution is 2.40. The molecule has 0 spiro atoms. The van der Waals surface area contributed by atoms with Crippen LogP contribution in [0.5, 0.6) is 17.2 Å². The molecule has 7 heteroatoms. The van der Waals surface area contributed by atoms with E-state index in [9.17, 15) is 14.7 Å². The molecule has 1 aliphatic carbocycles. The Morgan fingerprint density at radius 2 is 1.65 bits per heavy atom. The number of benzene rings is 2. The number of carbonyl (C=O) groups is 2. The van der Waals surface area contributed by atoms with E-state index < -0.39 is 11.4 Å².